The number of furan rings is 1. The van der Waals surface area contributed by atoms with Gasteiger partial charge in [0.1, 0.15) is 9.97 Å². The summed E-state index contributed by atoms with van der Waals surface area (Å²) in [6.07, 6.45) is 1.12. The number of carbonyl (C=O) groups excluding carboxylic acids is 2. The zero-order chi connectivity index (χ0) is 18.9. The third kappa shape index (κ3) is 3.71. The minimum Gasteiger partial charge on any atom is -0.444 e. The highest BCUT2D eigenvalue weighted by Gasteiger charge is 2.34. The Hall–Kier alpha value is -2.43. The molecule has 1 aliphatic heterocycles. The molecule has 8 nitrogen and oxygen atoms in total. The van der Waals surface area contributed by atoms with Crippen molar-refractivity contribution in [2.24, 2.45) is 0 Å². The fraction of sp³-hybridized carbons (Fsp3) is 0.250. The number of amides is 2. The molecule has 3 rings (SSSR count). The van der Waals surface area contributed by atoms with Gasteiger partial charge in [-0.25, -0.2) is 8.42 Å². The van der Waals surface area contributed by atoms with E-state index in [-0.39, 0.29) is 29.1 Å². The summed E-state index contributed by atoms with van der Waals surface area (Å²) >= 11 is 1.12. The van der Waals surface area contributed by atoms with Crippen molar-refractivity contribution in [3.8, 4) is 0 Å². The summed E-state index contributed by atoms with van der Waals surface area (Å²) in [4.78, 5) is 23.0. The largest absolute Gasteiger partial charge is 0.444 e. The Morgan fingerprint density at radius 2 is 2.15 bits per heavy atom. The average molecular weight is 395 g/mol. The van der Waals surface area contributed by atoms with E-state index in [9.17, 15) is 18.0 Å². The van der Waals surface area contributed by atoms with Crippen LogP contribution in [0.15, 0.2) is 39.5 Å². The van der Waals surface area contributed by atoms with E-state index in [0.717, 1.165) is 22.3 Å². The Morgan fingerprint density at radius 1 is 1.38 bits per heavy atom. The zero-order valence-corrected chi connectivity index (χ0v) is 15.6. The summed E-state index contributed by atoms with van der Waals surface area (Å²) in [5, 5.41) is 5.15. The van der Waals surface area contributed by atoms with Crippen molar-refractivity contribution < 1.29 is 22.4 Å². The first-order valence-corrected chi connectivity index (χ1v) is 9.93. The number of carbonyl (C=O) groups is 2. The third-order valence-electron chi connectivity index (χ3n) is 3.74. The second-order valence-corrected chi connectivity index (χ2v) is 8.99. The molecule has 0 bridgehead atoms. The van der Waals surface area contributed by atoms with Gasteiger partial charge in [0.2, 0.25) is 11.8 Å². The standard InChI is InChI=1S/C16H17N3O5S2/c1-3-14(21)18-15-6-11-8-19(9-13(11)24-15)26(22,23)16-5-4-12(25-16)7-17-10(2)20/h3-6H,1,7-9H2,2H3,(H,17,20)(H,18,21). The van der Waals surface area contributed by atoms with E-state index in [1.54, 1.807) is 12.1 Å². The van der Waals surface area contributed by atoms with Gasteiger partial charge in [-0.15, -0.1) is 11.3 Å². The normalized spacial score (nSPS) is 14.0. The smallest absolute Gasteiger partial charge is 0.253 e. The molecular weight excluding hydrogens is 378 g/mol. The van der Waals surface area contributed by atoms with Crippen LogP contribution in [0.1, 0.15) is 23.1 Å². The van der Waals surface area contributed by atoms with E-state index < -0.39 is 15.9 Å². The van der Waals surface area contributed by atoms with Gasteiger partial charge < -0.3 is 9.73 Å². The van der Waals surface area contributed by atoms with Gasteiger partial charge in [0.05, 0.1) is 13.1 Å². The van der Waals surface area contributed by atoms with E-state index in [1.165, 1.54) is 17.3 Å². The van der Waals surface area contributed by atoms with Crippen LogP contribution in [0.5, 0.6) is 0 Å². The first kappa shape index (κ1) is 18.4. The minimum atomic E-state index is -3.66. The van der Waals surface area contributed by atoms with E-state index in [0.29, 0.717) is 17.9 Å². The molecule has 3 heterocycles. The summed E-state index contributed by atoms with van der Waals surface area (Å²) in [5.41, 5.74) is 0.711. The Balaban J connectivity index is 1.71. The number of nitrogens with one attached hydrogen (secondary N) is 2. The van der Waals surface area contributed by atoms with E-state index in [4.69, 9.17) is 4.42 Å². The Bertz CT molecular complexity index is 950. The molecule has 2 amide bonds. The number of hydrogen-bond acceptors (Lipinski definition) is 6. The predicted molar refractivity (Wildman–Crippen MR) is 95.8 cm³/mol. The zero-order valence-electron chi connectivity index (χ0n) is 13.9. The third-order valence-corrected chi connectivity index (χ3v) is 7.08. The molecule has 138 valence electrons. The lowest BCUT2D eigenvalue weighted by atomic mass is 10.3. The summed E-state index contributed by atoms with van der Waals surface area (Å²) in [6, 6.07) is 4.83. The van der Waals surface area contributed by atoms with Crippen LogP contribution in [-0.2, 0) is 39.2 Å². The Kier molecular flexibility index (Phi) is 4.99. The van der Waals surface area contributed by atoms with Gasteiger partial charge in [-0.3, -0.25) is 14.9 Å². The molecule has 10 heteroatoms. The quantitative estimate of drug-likeness (QED) is 0.725. The molecule has 26 heavy (non-hydrogen) atoms. The van der Waals surface area contributed by atoms with Crippen LogP contribution in [0.25, 0.3) is 0 Å². The van der Waals surface area contributed by atoms with Crippen LogP contribution in [0.3, 0.4) is 0 Å². The fourth-order valence-corrected chi connectivity index (χ4v) is 5.30. The molecular formula is C16H17N3O5S2. The van der Waals surface area contributed by atoms with Gasteiger partial charge in [0, 0.05) is 30.0 Å². The maximum absolute atomic E-state index is 12.8. The molecule has 0 atom stereocenters. The van der Waals surface area contributed by atoms with Gasteiger partial charge in [0.25, 0.3) is 10.0 Å². The van der Waals surface area contributed by atoms with E-state index in [1.807, 2.05) is 0 Å². The molecule has 1 aliphatic rings. The number of hydrogen-bond donors (Lipinski definition) is 2. The SMILES string of the molecule is C=CC(=O)Nc1cc2c(o1)CN(S(=O)(=O)c1ccc(CNC(C)=O)s1)C2. The molecule has 0 aliphatic carbocycles. The number of anilines is 1. The lowest BCUT2D eigenvalue weighted by Crippen LogP contribution is -2.25. The van der Waals surface area contributed by atoms with Crippen molar-refractivity contribution in [3.63, 3.8) is 0 Å². The van der Waals surface area contributed by atoms with E-state index in [2.05, 4.69) is 17.2 Å². The highest BCUT2D eigenvalue weighted by atomic mass is 32.2. The molecule has 2 aromatic rings. The summed E-state index contributed by atoms with van der Waals surface area (Å²) in [7, 11) is -3.66. The molecule has 0 radical (unpaired) electrons. The van der Waals surface area contributed by atoms with Gasteiger partial charge in [0.15, 0.2) is 5.88 Å². The molecule has 0 fully saturated rings. The molecule has 0 saturated carbocycles. The van der Waals surface area contributed by atoms with Crippen LogP contribution in [0, 0.1) is 0 Å². The Morgan fingerprint density at radius 3 is 2.81 bits per heavy atom. The van der Waals surface area contributed by atoms with Gasteiger partial charge >= 0.3 is 0 Å². The maximum atomic E-state index is 12.8. The van der Waals surface area contributed by atoms with Crippen LogP contribution in [0.2, 0.25) is 0 Å². The van der Waals surface area contributed by atoms with Crippen molar-refractivity contribution in [2.75, 3.05) is 5.32 Å². The van der Waals surface area contributed by atoms with Gasteiger partial charge in [-0.05, 0) is 18.2 Å². The number of nitrogens with zero attached hydrogens (tertiary/aromatic N) is 1. The molecule has 0 saturated heterocycles. The summed E-state index contributed by atoms with van der Waals surface area (Å²) in [5.74, 6) is 0.201. The molecule has 0 aromatic carbocycles. The molecule has 0 unspecified atom stereocenters. The van der Waals surface area contributed by atoms with Crippen molar-refractivity contribution in [1.29, 1.82) is 0 Å². The first-order chi connectivity index (χ1) is 12.3. The van der Waals surface area contributed by atoms with Crippen LogP contribution < -0.4 is 10.6 Å². The average Bonchev–Trinajstić information content (AvgIpc) is 3.27. The summed E-state index contributed by atoms with van der Waals surface area (Å²) < 4.78 is 32.6. The second kappa shape index (κ2) is 7.06. The fourth-order valence-electron chi connectivity index (χ4n) is 2.47. The molecule has 2 N–H and O–H groups in total. The summed E-state index contributed by atoms with van der Waals surface area (Å²) in [6.45, 7) is 5.33. The van der Waals surface area contributed by atoms with Crippen molar-refractivity contribution >= 4 is 39.1 Å². The van der Waals surface area contributed by atoms with Crippen molar-refractivity contribution in [1.82, 2.24) is 9.62 Å². The maximum Gasteiger partial charge on any atom is 0.253 e. The molecule has 2 aromatic heterocycles. The van der Waals surface area contributed by atoms with Crippen LogP contribution in [0.4, 0.5) is 5.88 Å². The van der Waals surface area contributed by atoms with E-state index >= 15 is 0 Å². The van der Waals surface area contributed by atoms with Crippen LogP contribution >= 0.6 is 11.3 Å². The lowest BCUT2D eigenvalue weighted by Gasteiger charge is -2.14. The van der Waals surface area contributed by atoms with Gasteiger partial charge in [-0.1, -0.05) is 6.58 Å². The number of rotatable bonds is 6. The predicted octanol–water partition coefficient (Wildman–Crippen LogP) is 1.81. The van der Waals surface area contributed by atoms with Crippen LogP contribution in [-0.4, -0.2) is 24.5 Å². The molecule has 0 spiro atoms. The number of fused-ring (bicyclic) bond motifs is 1. The first-order valence-electron chi connectivity index (χ1n) is 7.68. The van der Waals surface area contributed by atoms with Crippen molar-refractivity contribution in [2.45, 2.75) is 30.8 Å². The van der Waals surface area contributed by atoms with Gasteiger partial charge in [-0.2, -0.15) is 4.31 Å². The van der Waals surface area contributed by atoms with Crippen molar-refractivity contribution in [3.05, 3.63) is 47.1 Å². The lowest BCUT2D eigenvalue weighted by molar-refractivity contribution is -0.119. The highest BCUT2D eigenvalue weighted by Crippen LogP contribution is 2.34. The monoisotopic (exact) mass is 395 g/mol. The topological polar surface area (TPSA) is 109 Å². The minimum absolute atomic E-state index is 0.0978. The number of sulfonamides is 1. The number of thiophene rings is 1. The highest BCUT2D eigenvalue weighted by molar-refractivity contribution is 7.91. The second-order valence-electron chi connectivity index (χ2n) is 5.66. The Labute approximate surface area is 154 Å².